The van der Waals surface area contributed by atoms with Gasteiger partial charge in [-0.2, -0.15) is 0 Å². The number of piperazine rings is 1. The van der Waals surface area contributed by atoms with Gasteiger partial charge in [0.05, 0.1) is 12.4 Å². The average molecular weight is 324 g/mol. The Morgan fingerprint density at radius 2 is 1.89 bits per heavy atom. The van der Waals surface area contributed by atoms with Crippen LogP contribution in [0.1, 0.15) is 0 Å². The Kier molecular flexibility index (Phi) is 12.9. The van der Waals surface area contributed by atoms with Gasteiger partial charge in [-0.25, -0.2) is 13.1 Å². The summed E-state index contributed by atoms with van der Waals surface area (Å²) < 4.78 is 30.1. The monoisotopic (exact) mass is 323 g/mol. The van der Waals surface area contributed by atoms with E-state index in [0.717, 1.165) is 32.7 Å². The Balaban J connectivity index is 0. The highest BCUT2D eigenvalue weighted by atomic mass is 35.5. The van der Waals surface area contributed by atoms with Crippen LogP contribution < -0.4 is 10.0 Å². The third-order valence-electron chi connectivity index (χ3n) is 2.52. The van der Waals surface area contributed by atoms with Crippen LogP contribution in [0, 0.1) is 0 Å². The molecule has 1 saturated heterocycles. The van der Waals surface area contributed by atoms with Crippen LogP contribution in [0.4, 0.5) is 0 Å². The van der Waals surface area contributed by atoms with Gasteiger partial charge in [-0.05, 0) is 0 Å². The molecule has 0 aliphatic carbocycles. The maximum atomic E-state index is 11.4. The number of halogens is 2. The zero-order valence-electron chi connectivity index (χ0n) is 10.6. The maximum absolute atomic E-state index is 11.4. The van der Waals surface area contributed by atoms with E-state index in [2.05, 4.69) is 14.9 Å². The fraction of sp³-hybridized carbons (Fsp3) is 1.00. The molecule has 0 aromatic carbocycles. The van der Waals surface area contributed by atoms with Crippen molar-refractivity contribution in [1.29, 1.82) is 0 Å². The molecular weight excluding hydrogens is 301 g/mol. The molecule has 2 N–H and O–H groups in total. The van der Waals surface area contributed by atoms with E-state index >= 15 is 0 Å². The predicted octanol–water partition coefficient (Wildman–Crippen LogP) is -0.699. The Morgan fingerprint density at radius 3 is 2.44 bits per heavy atom. The van der Waals surface area contributed by atoms with Crippen molar-refractivity contribution in [1.82, 2.24) is 14.9 Å². The van der Waals surface area contributed by atoms with E-state index < -0.39 is 10.0 Å². The van der Waals surface area contributed by atoms with Crippen molar-refractivity contribution in [3.63, 3.8) is 0 Å². The first-order chi connectivity index (χ1) is 7.64. The van der Waals surface area contributed by atoms with Crippen LogP contribution in [0.2, 0.25) is 0 Å². The predicted molar refractivity (Wildman–Crippen MR) is 77.5 cm³/mol. The molecule has 0 radical (unpaired) electrons. The van der Waals surface area contributed by atoms with Crippen LogP contribution in [0.25, 0.3) is 0 Å². The third-order valence-corrected chi connectivity index (χ3v) is 3.86. The number of hydrogen-bond acceptors (Lipinski definition) is 5. The van der Waals surface area contributed by atoms with E-state index in [1.54, 1.807) is 0 Å². The van der Waals surface area contributed by atoms with Crippen LogP contribution in [0.3, 0.4) is 0 Å². The maximum Gasteiger partial charge on any atom is 0.213 e. The van der Waals surface area contributed by atoms with E-state index in [-0.39, 0.29) is 37.2 Å². The van der Waals surface area contributed by atoms with Gasteiger partial charge < -0.3 is 10.1 Å². The molecule has 1 heterocycles. The molecule has 0 aromatic heterocycles. The highest BCUT2D eigenvalue weighted by molar-refractivity contribution is 7.89. The smallest absolute Gasteiger partial charge is 0.213 e. The lowest BCUT2D eigenvalue weighted by molar-refractivity contribution is 0.216. The number of hydrogen-bond donors (Lipinski definition) is 2. The summed E-state index contributed by atoms with van der Waals surface area (Å²) in [6, 6.07) is 0. The summed E-state index contributed by atoms with van der Waals surface area (Å²) in [5, 5.41) is 3.25. The Labute approximate surface area is 122 Å². The van der Waals surface area contributed by atoms with Crippen LogP contribution in [0.15, 0.2) is 0 Å². The normalized spacial score (nSPS) is 16.7. The highest BCUT2D eigenvalue weighted by Crippen LogP contribution is 1.91. The van der Waals surface area contributed by atoms with Crippen LogP contribution in [0.5, 0.6) is 0 Å². The SMILES string of the molecule is COCCS(=O)(=O)NCCN1CCNCC1.Cl.Cl. The molecule has 1 fully saturated rings. The lowest BCUT2D eigenvalue weighted by Gasteiger charge is -2.27. The van der Waals surface area contributed by atoms with Gasteiger partial charge in [-0.1, -0.05) is 0 Å². The summed E-state index contributed by atoms with van der Waals surface area (Å²) in [5.74, 6) is 0.0328. The zero-order chi connectivity index (χ0) is 11.9. The van der Waals surface area contributed by atoms with Crippen LogP contribution in [-0.4, -0.2) is 72.1 Å². The van der Waals surface area contributed by atoms with Gasteiger partial charge in [-0.15, -0.1) is 24.8 Å². The third kappa shape index (κ3) is 9.32. The summed E-state index contributed by atoms with van der Waals surface area (Å²) in [6.07, 6.45) is 0. The van der Waals surface area contributed by atoms with Crippen molar-refractivity contribution in [2.24, 2.45) is 0 Å². The first kappa shape index (κ1) is 20.7. The molecule has 1 aliphatic rings. The molecule has 0 amide bonds. The second-order valence-corrected chi connectivity index (χ2v) is 5.72. The number of nitrogens with zero attached hydrogens (tertiary/aromatic N) is 1. The van der Waals surface area contributed by atoms with Gasteiger partial charge in [0.15, 0.2) is 0 Å². The van der Waals surface area contributed by atoms with E-state index in [0.29, 0.717) is 6.54 Å². The first-order valence-corrected chi connectivity index (χ1v) is 7.18. The van der Waals surface area contributed by atoms with Crippen molar-refractivity contribution in [3.05, 3.63) is 0 Å². The van der Waals surface area contributed by atoms with Gasteiger partial charge in [0.25, 0.3) is 0 Å². The van der Waals surface area contributed by atoms with Crippen molar-refractivity contribution in [2.75, 3.05) is 58.7 Å². The summed E-state index contributed by atoms with van der Waals surface area (Å²) in [4.78, 5) is 2.25. The topological polar surface area (TPSA) is 70.7 Å². The Morgan fingerprint density at radius 1 is 1.28 bits per heavy atom. The molecule has 0 bridgehead atoms. The molecule has 1 aliphatic heterocycles. The van der Waals surface area contributed by atoms with E-state index in [1.165, 1.54) is 7.11 Å². The van der Waals surface area contributed by atoms with Crippen LogP contribution in [-0.2, 0) is 14.8 Å². The molecule has 0 atom stereocenters. The zero-order valence-corrected chi connectivity index (χ0v) is 13.0. The summed E-state index contributed by atoms with van der Waals surface area (Å²) in [5.41, 5.74) is 0. The number of sulfonamides is 1. The highest BCUT2D eigenvalue weighted by Gasteiger charge is 2.12. The summed E-state index contributed by atoms with van der Waals surface area (Å²) in [7, 11) is -1.67. The summed E-state index contributed by atoms with van der Waals surface area (Å²) >= 11 is 0. The average Bonchev–Trinajstić information content (AvgIpc) is 2.28. The van der Waals surface area contributed by atoms with Crippen LogP contribution >= 0.6 is 24.8 Å². The number of rotatable bonds is 7. The van der Waals surface area contributed by atoms with Gasteiger partial charge in [0.2, 0.25) is 10.0 Å². The Hall–Kier alpha value is 0.370. The molecule has 0 spiro atoms. The largest absolute Gasteiger partial charge is 0.384 e. The molecule has 6 nitrogen and oxygen atoms in total. The molecule has 0 saturated carbocycles. The minimum atomic E-state index is -3.16. The lowest BCUT2D eigenvalue weighted by Crippen LogP contribution is -2.46. The van der Waals surface area contributed by atoms with Gasteiger partial charge in [-0.3, -0.25) is 4.90 Å². The number of ether oxygens (including phenoxy) is 1. The standard InChI is InChI=1S/C9H21N3O3S.2ClH/c1-15-8-9-16(13,14)11-4-7-12-5-2-10-3-6-12;;/h10-11H,2-9H2,1H3;2*1H. The summed E-state index contributed by atoms with van der Waals surface area (Å²) in [6.45, 7) is 5.43. The second kappa shape index (κ2) is 11.2. The number of nitrogens with one attached hydrogen (secondary N) is 2. The fourth-order valence-electron chi connectivity index (χ4n) is 1.56. The van der Waals surface area contributed by atoms with Crippen molar-refractivity contribution in [3.8, 4) is 0 Å². The molecule has 0 unspecified atom stereocenters. The van der Waals surface area contributed by atoms with Gasteiger partial charge in [0, 0.05) is 46.4 Å². The van der Waals surface area contributed by atoms with Crippen molar-refractivity contribution in [2.45, 2.75) is 0 Å². The molecule has 1 rings (SSSR count). The lowest BCUT2D eigenvalue weighted by atomic mass is 10.3. The van der Waals surface area contributed by atoms with Gasteiger partial charge in [0.1, 0.15) is 0 Å². The van der Waals surface area contributed by atoms with E-state index in [1.807, 2.05) is 0 Å². The molecule has 112 valence electrons. The quantitative estimate of drug-likeness (QED) is 0.648. The Bertz CT molecular complexity index is 285. The first-order valence-electron chi connectivity index (χ1n) is 5.53. The second-order valence-electron chi connectivity index (χ2n) is 3.80. The minimum Gasteiger partial charge on any atom is -0.384 e. The fourth-order valence-corrected chi connectivity index (χ4v) is 2.49. The van der Waals surface area contributed by atoms with Crippen molar-refractivity contribution >= 4 is 34.8 Å². The van der Waals surface area contributed by atoms with E-state index in [4.69, 9.17) is 4.74 Å². The molecule has 9 heteroatoms. The molecule has 18 heavy (non-hydrogen) atoms. The molecular formula is C9H23Cl2N3O3S. The number of methoxy groups -OCH3 is 1. The molecule has 0 aromatic rings. The van der Waals surface area contributed by atoms with E-state index in [9.17, 15) is 8.42 Å². The van der Waals surface area contributed by atoms with Crippen molar-refractivity contribution < 1.29 is 13.2 Å². The van der Waals surface area contributed by atoms with Gasteiger partial charge >= 0.3 is 0 Å². The minimum absolute atomic E-state index is 0.